The first-order valence-electron chi connectivity index (χ1n) is 4.98. The largest absolute Gasteiger partial charge is 0.480 e. The molecule has 0 amide bonds. The van der Waals surface area contributed by atoms with Gasteiger partial charge in [0, 0.05) is 12.6 Å². The summed E-state index contributed by atoms with van der Waals surface area (Å²) in [6, 6.07) is 1.82. The van der Waals surface area contributed by atoms with Crippen molar-refractivity contribution < 1.29 is 14.4 Å². The third-order valence-electron chi connectivity index (χ3n) is 1.96. The number of carboxylic acids is 1. The third kappa shape index (κ3) is 4.12. The van der Waals surface area contributed by atoms with E-state index in [0.717, 1.165) is 24.4 Å². The van der Waals surface area contributed by atoms with Gasteiger partial charge in [0.1, 0.15) is 5.76 Å². The first-order chi connectivity index (χ1) is 7.11. The van der Waals surface area contributed by atoms with E-state index in [1.54, 1.807) is 0 Å². The summed E-state index contributed by atoms with van der Waals surface area (Å²) < 4.78 is 4.92. The van der Waals surface area contributed by atoms with E-state index in [1.807, 2.05) is 24.8 Å². The van der Waals surface area contributed by atoms with Crippen LogP contribution in [0.3, 0.4) is 0 Å². The van der Waals surface area contributed by atoms with Crippen LogP contribution in [0.2, 0.25) is 0 Å². The molecule has 0 saturated carbocycles. The molecule has 1 aromatic heterocycles. The van der Waals surface area contributed by atoms with Crippen LogP contribution in [-0.2, 0) is 11.3 Å². The summed E-state index contributed by atoms with van der Waals surface area (Å²) in [6.07, 6.45) is 0.921. The molecule has 0 saturated heterocycles. The summed E-state index contributed by atoms with van der Waals surface area (Å²) in [5.74, 6) is -0.0690. The molecule has 0 fully saturated rings. The minimum atomic E-state index is -0.816. The molecular formula is C10H16N2O3. The number of aliphatic carboxylic acids is 1. The average molecular weight is 212 g/mol. The Morgan fingerprint density at radius 1 is 1.67 bits per heavy atom. The first-order valence-corrected chi connectivity index (χ1v) is 4.98. The van der Waals surface area contributed by atoms with Crippen LogP contribution in [0.1, 0.15) is 24.8 Å². The van der Waals surface area contributed by atoms with Gasteiger partial charge in [0.25, 0.3) is 0 Å². The lowest BCUT2D eigenvalue weighted by Crippen LogP contribution is -2.30. The van der Waals surface area contributed by atoms with E-state index in [4.69, 9.17) is 9.63 Å². The van der Waals surface area contributed by atoms with Gasteiger partial charge >= 0.3 is 5.97 Å². The maximum Gasteiger partial charge on any atom is 0.317 e. The lowest BCUT2D eigenvalue weighted by Gasteiger charge is -2.17. The summed E-state index contributed by atoms with van der Waals surface area (Å²) in [7, 11) is 0. The maximum atomic E-state index is 10.6. The van der Waals surface area contributed by atoms with Crippen molar-refractivity contribution in [1.29, 1.82) is 0 Å². The van der Waals surface area contributed by atoms with Gasteiger partial charge in [-0.05, 0) is 19.9 Å². The van der Waals surface area contributed by atoms with E-state index >= 15 is 0 Å². The lowest BCUT2D eigenvalue weighted by atomic mass is 10.3. The van der Waals surface area contributed by atoms with E-state index < -0.39 is 5.97 Å². The lowest BCUT2D eigenvalue weighted by molar-refractivity contribution is -0.138. The minimum Gasteiger partial charge on any atom is -0.480 e. The summed E-state index contributed by atoms with van der Waals surface area (Å²) >= 11 is 0. The van der Waals surface area contributed by atoms with E-state index in [9.17, 15) is 4.79 Å². The van der Waals surface area contributed by atoms with Gasteiger partial charge in [-0.3, -0.25) is 9.69 Å². The second-order valence-corrected chi connectivity index (χ2v) is 3.53. The van der Waals surface area contributed by atoms with Crippen LogP contribution in [0, 0.1) is 6.92 Å². The van der Waals surface area contributed by atoms with E-state index in [0.29, 0.717) is 6.54 Å². The number of carbonyl (C=O) groups is 1. The van der Waals surface area contributed by atoms with Crippen molar-refractivity contribution in [2.24, 2.45) is 0 Å². The van der Waals surface area contributed by atoms with Crippen molar-refractivity contribution in [3.05, 3.63) is 17.5 Å². The van der Waals surface area contributed by atoms with Crippen molar-refractivity contribution in [2.75, 3.05) is 13.1 Å². The predicted octanol–water partition coefficient (Wildman–Crippen LogP) is 1.28. The molecule has 0 unspecified atom stereocenters. The summed E-state index contributed by atoms with van der Waals surface area (Å²) in [5, 5.41) is 12.5. The highest BCUT2D eigenvalue weighted by molar-refractivity contribution is 5.69. The minimum absolute atomic E-state index is 0.0414. The molecule has 5 heteroatoms. The Bertz CT molecular complexity index is 322. The number of hydrogen-bond donors (Lipinski definition) is 1. The molecule has 0 bridgehead atoms. The second-order valence-electron chi connectivity index (χ2n) is 3.53. The van der Waals surface area contributed by atoms with E-state index in [1.165, 1.54) is 0 Å². The molecule has 1 heterocycles. The van der Waals surface area contributed by atoms with Gasteiger partial charge in [0.05, 0.1) is 12.2 Å². The van der Waals surface area contributed by atoms with Crippen LogP contribution in [0.4, 0.5) is 0 Å². The molecule has 0 atom stereocenters. The standard InChI is InChI=1S/C10H16N2O3/c1-3-4-12(7-10(13)14)6-9-5-8(2)15-11-9/h5H,3-4,6-7H2,1-2H3,(H,13,14). The molecule has 5 nitrogen and oxygen atoms in total. The summed E-state index contributed by atoms with van der Waals surface area (Å²) in [5.41, 5.74) is 0.780. The Morgan fingerprint density at radius 2 is 2.40 bits per heavy atom. The van der Waals surface area contributed by atoms with Gasteiger partial charge in [-0.2, -0.15) is 0 Å². The summed E-state index contributed by atoms with van der Waals surface area (Å²) in [6.45, 7) is 5.15. The highest BCUT2D eigenvalue weighted by Crippen LogP contribution is 2.06. The van der Waals surface area contributed by atoms with Gasteiger partial charge < -0.3 is 9.63 Å². The molecule has 84 valence electrons. The monoisotopic (exact) mass is 212 g/mol. The molecule has 0 spiro atoms. The van der Waals surface area contributed by atoms with Gasteiger partial charge in [-0.15, -0.1) is 0 Å². The van der Waals surface area contributed by atoms with Crippen LogP contribution >= 0.6 is 0 Å². The Kier molecular flexibility index (Phi) is 4.30. The highest BCUT2D eigenvalue weighted by Gasteiger charge is 2.11. The Balaban J connectivity index is 2.53. The van der Waals surface area contributed by atoms with Crippen LogP contribution < -0.4 is 0 Å². The smallest absolute Gasteiger partial charge is 0.317 e. The van der Waals surface area contributed by atoms with Crippen molar-refractivity contribution in [3.63, 3.8) is 0 Å². The molecule has 1 N–H and O–H groups in total. The fourth-order valence-electron chi connectivity index (χ4n) is 1.44. The van der Waals surface area contributed by atoms with Crippen molar-refractivity contribution >= 4 is 5.97 Å². The van der Waals surface area contributed by atoms with E-state index in [2.05, 4.69) is 5.16 Å². The summed E-state index contributed by atoms with van der Waals surface area (Å²) in [4.78, 5) is 12.4. The van der Waals surface area contributed by atoms with Crippen LogP contribution in [0.15, 0.2) is 10.6 Å². The molecular weight excluding hydrogens is 196 g/mol. The maximum absolute atomic E-state index is 10.6. The highest BCUT2D eigenvalue weighted by atomic mass is 16.5. The zero-order valence-corrected chi connectivity index (χ0v) is 9.06. The van der Waals surface area contributed by atoms with Crippen LogP contribution in [0.25, 0.3) is 0 Å². The average Bonchev–Trinajstić information content (AvgIpc) is 2.50. The topological polar surface area (TPSA) is 66.6 Å². The fraction of sp³-hybridized carbons (Fsp3) is 0.600. The van der Waals surface area contributed by atoms with Gasteiger partial charge in [0.2, 0.25) is 0 Å². The zero-order chi connectivity index (χ0) is 11.3. The number of rotatable bonds is 6. The Hall–Kier alpha value is -1.36. The van der Waals surface area contributed by atoms with Crippen molar-refractivity contribution in [3.8, 4) is 0 Å². The molecule has 0 aliphatic rings. The van der Waals surface area contributed by atoms with Crippen LogP contribution in [-0.4, -0.2) is 34.2 Å². The molecule has 1 aromatic rings. The quantitative estimate of drug-likeness (QED) is 0.769. The number of aromatic nitrogens is 1. The molecule has 0 aliphatic heterocycles. The fourth-order valence-corrected chi connectivity index (χ4v) is 1.44. The van der Waals surface area contributed by atoms with Gasteiger partial charge in [-0.1, -0.05) is 12.1 Å². The number of aryl methyl sites for hydroxylation is 1. The third-order valence-corrected chi connectivity index (χ3v) is 1.96. The second kappa shape index (κ2) is 5.50. The SMILES string of the molecule is CCCN(CC(=O)O)Cc1cc(C)on1. The van der Waals surface area contributed by atoms with Crippen molar-refractivity contribution in [1.82, 2.24) is 10.1 Å². The van der Waals surface area contributed by atoms with E-state index in [-0.39, 0.29) is 6.54 Å². The van der Waals surface area contributed by atoms with Crippen molar-refractivity contribution in [2.45, 2.75) is 26.8 Å². The molecule has 0 aromatic carbocycles. The normalized spacial score (nSPS) is 10.9. The predicted molar refractivity (Wildman–Crippen MR) is 54.4 cm³/mol. The number of hydrogen-bond acceptors (Lipinski definition) is 4. The van der Waals surface area contributed by atoms with Crippen LogP contribution in [0.5, 0.6) is 0 Å². The molecule has 15 heavy (non-hydrogen) atoms. The molecule has 0 aliphatic carbocycles. The Labute approximate surface area is 88.7 Å². The molecule has 0 radical (unpaired) electrons. The Morgan fingerprint density at radius 3 is 2.87 bits per heavy atom. The number of carboxylic acid groups (broad SMARTS) is 1. The molecule has 1 rings (SSSR count). The van der Waals surface area contributed by atoms with Gasteiger partial charge in [0.15, 0.2) is 0 Å². The van der Waals surface area contributed by atoms with Gasteiger partial charge in [-0.25, -0.2) is 0 Å². The number of nitrogens with zero attached hydrogens (tertiary/aromatic N) is 2. The first kappa shape index (κ1) is 11.7. The zero-order valence-electron chi connectivity index (χ0n) is 9.06.